The van der Waals surface area contributed by atoms with Gasteiger partial charge in [-0.05, 0) is 11.3 Å². The molecular formula is C21H49NO3. The molecular weight excluding hydrogens is 314 g/mol. The second-order valence-corrected chi connectivity index (χ2v) is 6.85. The molecule has 25 heavy (non-hydrogen) atoms. The summed E-state index contributed by atoms with van der Waals surface area (Å²) in [5.41, 5.74) is 0.667. The van der Waals surface area contributed by atoms with Crippen molar-refractivity contribution in [1.82, 2.24) is 4.90 Å². The van der Waals surface area contributed by atoms with Crippen LogP contribution >= 0.6 is 0 Å². The molecule has 4 nitrogen and oxygen atoms in total. The summed E-state index contributed by atoms with van der Waals surface area (Å²) in [4.78, 5) is 1.79. The summed E-state index contributed by atoms with van der Waals surface area (Å²) in [6.45, 7) is 17.7. The summed E-state index contributed by atoms with van der Waals surface area (Å²) >= 11 is 0. The third-order valence-electron chi connectivity index (χ3n) is 5.64. The summed E-state index contributed by atoms with van der Waals surface area (Å²) in [7, 11) is 0. The van der Waals surface area contributed by atoms with E-state index in [0.29, 0.717) is 25.0 Å². The van der Waals surface area contributed by atoms with Crippen LogP contribution in [0.1, 0.15) is 87.0 Å². The Morgan fingerprint density at radius 1 is 0.640 bits per heavy atom. The van der Waals surface area contributed by atoms with E-state index in [4.69, 9.17) is 15.3 Å². The van der Waals surface area contributed by atoms with Crippen molar-refractivity contribution in [2.45, 2.75) is 87.0 Å². The van der Waals surface area contributed by atoms with Gasteiger partial charge in [-0.1, -0.05) is 87.0 Å². The number of nitrogens with zero attached hydrogens (tertiary/aromatic N) is 1. The SMILES string of the molecule is CCC(C)CC.CCC(CC)(CC)CC.OCCN(CCO)CCO. The molecule has 0 spiro atoms. The molecule has 156 valence electrons. The summed E-state index contributed by atoms with van der Waals surface area (Å²) < 4.78 is 0. The van der Waals surface area contributed by atoms with Gasteiger partial charge < -0.3 is 15.3 Å². The molecule has 0 atom stereocenters. The summed E-state index contributed by atoms with van der Waals surface area (Å²) in [6, 6.07) is 0. The minimum atomic E-state index is 0.0694. The molecule has 0 aliphatic carbocycles. The van der Waals surface area contributed by atoms with Crippen LogP contribution in [0.15, 0.2) is 0 Å². The minimum absolute atomic E-state index is 0.0694. The molecule has 3 N–H and O–H groups in total. The van der Waals surface area contributed by atoms with E-state index in [2.05, 4.69) is 48.5 Å². The van der Waals surface area contributed by atoms with Crippen LogP contribution in [-0.4, -0.2) is 59.7 Å². The van der Waals surface area contributed by atoms with E-state index in [9.17, 15) is 0 Å². The van der Waals surface area contributed by atoms with Gasteiger partial charge in [0.05, 0.1) is 19.8 Å². The highest BCUT2D eigenvalue weighted by Gasteiger charge is 2.20. The highest BCUT2D eigenvalue weighted by Crippen LogP contribution is 2.33. The zero-order valence-electron chi connectivity index (χ0n) is 18.4. The monoisotopic (exact) mass is 363 g/mol. The van der Waals surface area contributed by atoms with Gasteiger partial charge in [-0.25, -0.2) is 0 Å². The molecule has 0 fully saturated rings. The van der Waals surface area contributed by atoms with E-state index in [-0.39, 0.29) is 19.8 Å². The van der Waals surface area contributed by atoms with Crippen LogP contribution in [-0.2, 0) is 0 Å². The number of hydrogen-bond acceptors (Lipinski definition) is 4. The summed E-state index contributed by atoms with van der Waals surface area (Å²) in [5.74, 6) is 0.935. The lowest BCUT2D eigenvalue weighted by Gasteiger charge is -2.28. The topological polar surface area (TPSA) is 63.9 Å². The minimum Gasteiger partial charge on any atom is -0.395 e. The second-order valence-electron chi connectivity index (χ2n) is 6.85. The molecule has 4 heteroatoms. The van der Waals surface area contributed by atoms with Gasteiger partial charge in [0.2, 0.25) is 0 Å². The summed E-state index contributed by atoms with van der Waals surface area (Å²) in [6.07, 6.45) is 8.03. The average molecular weight is 364 g/mol. The largest absolute Gasteiger partial charge is 0.395 e. The molecule has 0 radical (unpaired) electrons. The Kier molecular flexibility index (Phi) is 25.9. The Morgan fingerprint density at radius 2 is 0.920 bits per heavy atom. The molecule has 0 aromatic rings. The normalized spacial score (nSPS) is 11.0. The fourth-order valence-corrected chi connectivity index (χ4v) is 2.55. The van der Waals surface area contributed by atoms with Gasteiger partial charge in [0.1, 0.15) is 0 Å². The van der Waals surface area contributed by atoms with Gasteiger partial charge in [-0.2, -0.15) is 0 Å². The van der Waals surface area contributed by atoms with Crippen LogP contribution in [0, 0.1) is 11.3 Å². The van der Waals surface area contributed by atoms with Crippen molar-refractivity contribution in [3.8, 4) is 0 Å². The van der Waals surface area contributed by atoms with Crippen molar-refractivity contribution < 1.29 is 15.3 Å². The van der Waals surface area contributed by atoms with E-state index in [0.717, 1.165) is 5.92 Å². The molecule has 0 saturated heterocycles. The number of aliphatic hydroxyl groups is 3. The zero-order valence-corrected chi connectivity index (χ0v) is 18.4. The standard InChI is InChI=1S/C9H20.C6H15NO3.C6H14/c1-5-9(6-2,7-3)8-4;8-4-1-7(2-5-9)3-6-10;1-4-6(3)5-2/h5-8H2,1-4H3;8-10H,1-6H2;6H,4-5H2,1-3H3. The first-order valence-electron chi connectivity index (χ1n) is 10.4. The third-order valence-corrected chi connectivity index (χ3v) is 5.64. The molecule has 0 aromatic carbocycles. The number of rotatable bonds is 12. The Balaban J connectivity index is -0.000000300. The number of hydrogen-bond donors (Lipinski definition) is 3. The molecule has 0 bridgehead atoms. The predicted octanol–water partition coefficient (Wildman–Crippen LogP) is 4.32. The van der Waals surface area contributed by atoms with Crippen molar-refractivity contribution in [2.24, 2.45) is 11.3 Å². The Hall–Kier alpha value is -0.160. The quantitative estimate of drug-likeness (QED) is 0.483. The van der Waals surface area contributed by atoms with Gasteiger partial charge in [-0.3, -0.25) is 4.90 Å². The first-order chi connectivity index (χ1) is 11.9. The van der Waals surface area contributed by atoms with Crippen molar-refractivity contribution in [2.75, 3.05) is 39.5 Å². The van der Waals surface area contributed by atoms with Crippen LogP contribution in [0.25, 0.3) is 0 Å². The van der Waals surface area contributed by atoms with Crippen molar-refractivity contribution >= 4 is 0 Å². The molecule has 0 aliphatic rings. The Morgan fingerprint density at radius 3 is 1.00 bits per heavy atom. The van der Waals surface area contributed by atoms with E-state index in [1.165, 1.54) is 38.5 Å². The predicted molar refractivity (Wildman–Crippen MR) is 111 cm³/mol. The van der Waals surface area contributed by atoms with Crippen LogP contribution in [0.4, 0.5) is 0 Å². The average Bonchev–Trinajstić information content (AvgIpc) is 2.65. The molecule has 0 rings (SSSR count). The van der Waals surface area contributed by atoms with Crippen LogP contribution in [0.5, 0.6) is 0 Å². The first-order valence-corrected chi connectivity index (χ1v) is 10.4. The van der Waals surface area contributed by atoms with Gasteiger partial charge in [0, 0.05) is 19.6 Å². The second kappa shape index (κ2) is 21.9. The lowest BCUT2D eigenvalue weighted by Crippen LogP contribution is -2.32. The van der Waals surface area contributed by atoms with Crippen molar-refractivity contribution in [3.05, 3.63) is 0 Å². The molecule has 0 heterocycles. The van der Waals surface area contributed by atoms with E-state index in [1.807, 2.05) is 0 Å². The van der Waals surface area contributed by atoms with Gasteiger partial charge in [-0.15, -0.1) is 0 Å². The zero-order chi connectivity index (χ0) is 20.1. The molecule has 0 unspecified atom stereocenters. The maximum atomic E-state index is 8.48. The maximum Gasteiger partial charge on any atom is 0.0558 e. The highest BCUT2D eigenvalue weighted by molar-refractivity contribution is 4.72. The lowest BCUT2D eigenvalue weighted by atomic mass is 9.78. The fraction of sp³-hybridized carbons (Fsp3) is 1.00. The lowest BCUT2D eigenvalue weighted by molar-refractivity contribution is 0.136. The smallest absolute Gasteiger partial charge is 0.0558 e. The third kappa shape index (κ3) is 18.4. The van der Waals surface area contributed by atoms with Crippen LogP contribution in [0.3, 0.4) is 0 Å². The van der Waals surface area contributed by atoms with E-state index in [1.54, 1.807) is 4.90 Å². The fourth-order valence-electron chi connectivity index (χ4n) is 2.55. The maximum absolute atomic E-state index is 8.48. The van der Waals surface area contributed by atoms with Gasteiger partial charge in [0.15, 0.2) is 0 Å². The Bertz CT molecular complexity index is 197. The van der Waals surface area contributed by atoms with Crippen molar-refractivity contribution in [1.29, 1.82) is 0 Å². The van der Waals surface area contributed by atoms with Crippen LogP contribution in [0.2, 0.25) is 0 Å². The highest BCUT2D eigenvalue weighted by atomic mass is 16.3. The van der Waals surface area contributed by atoms with Crippen LogP contribution < -0.4 is 0 Å². The van der Waals surface area contributed by atoms with E-state index >= 15 is 0 Å². The first kappa shape index (κ1) is 29.6. The molecule has 0 aromatic heterocycles. The van der Waals surface area contributed by atoms with Gasteiger partial charge >= 0.3 is 0 Å². The Labute approximate surface area is 158 Å². The molecule has 0 aliphatic heterocycles. The molecule has 0 saturated carbocycles. The van der Waals surface area contributed by atoms with Gasteiger partial charge in [0.25, 0.3) is 0 Å². The number of aliphatic hydroxyl groups excluding tert-OH is 3. The van der Waals surface area contributed by atoms with E-state index < -0.39 is 0 Å². The summed E-state index contributed by atoms with van der Waals surface area (Å²) in [5, 5.41) is 25.5. The molecule has 0 amide bonds. The van der Waals surface area contributed by atoms with Crippen molar-refractivity contribution in [3.63, 3.8) is 0 Å².